The number of hydrogen-bond acceptors (Lipinski definition) is 1. The Morgan fingerprint density at radius 3 is 2.79 bits per heavy atom. The molecule has 1 nitrogen and oxygen atoms in total. The molecule has 0 unspecified atom stereocenters. The van der Waals surface area contributed by atoms with Crippen molar-refractivity contribution >= 4 is 27.5 Å². The smallest absolute Gasteiger partial charge is 0.137 e. The maximum atomic E-state index is 9.41. The summed E-state index contributed by atoms with van der Waals surface area (Å²) in [6.07, 6.45) is 0.803. The molecule has 0 spiro atoms. The standard InChI is InChI=1S/C11H10BrClO/c1-8-6-9(4-2-3-5-12)7-10(13)11(8)14/h6-7,14H,3,5H2,1H3. The van der Waals surface area contributed by atoms with Crippen LogP contribution in [-0.4, -0.2) is 10.4 Å². The van der Waals surface area contributed by atoms with Gasteiger partial charge in [-0.15, -0.1) is 0 Å². The molecule has 0 saturated heterocycles. The fourth-order valence-electron chi connectivity index (χ4n) is 1.02. The van der Waals surface area contributed by atoms with E-state index in [2.05, 4.69) is 27.8 Å². The normalized spacial score (nSPS) is 9.36. The fraction of sp³-hybridized carbons (Fsp3) is 0.273. The number of hydrogen-bond donors (Lipinski definition) is 1. The van der Waals surface area contributed by atoms with Gasteiger partial charge in [-0.25, -0.2) is 0 Å². The topological polar surface area (TPSA) is 20.2 Å². The molecule has 0 atom stereocenters. The highest BCUT2D eigenvalue weighted by atomic mass is 79.9. The van der Waals surface area contributed by atoms with E-state index in [9.17, 15) is 5.11 Å². The van der Waals surface area contributed by atoms with Crippen molar-refractivity contribution < 1.29 is 5.11 Å². The summed E-state index contributed by atoms with van der Waals surface area (Å²) in [5, 5.41) is 10.6. The van der Waals surface area contributed by atoms with Crippen molar-refractivity contribution in [3.05, 3.63) is 28.3 Å². The Kier molecular flexibility index (Phi) is 4.31. The van der Waals surface area contributed by atoms with Gasteiger partial charge in [0.05, 0.1) is 5.02 Å². The zero-order valence-electron chi connectivity index (χ0n) is 7.77. The number of phenols is 1. The minimum atomic E-state index is 0.137. The monoisotopic (exact) mass is 272 g/mol. The molecular formula is C11H10BrClO. The number of rotatable bonds is 1. The van der Waals surface area contributed by atoms with E-state index in [-0.39, 0.29) is 5.75 Å². The van der Waals surface area contributed by atoms with E-state index in [4.69, 9.17) is 11.6 Å². The maximum absolute atomic E-state index is 9.41. The van der Waals surface area contributed by atoms with Crippen molar-refractivity contribution in [2.45, 2.75) is 13.3 Å². The molecule has 1 rings (SSSR count). The lowest BCUT2D eigenvalue weighted by molar-refractivity contribution is 0.471. The molecule has 0 heterocycles. The molecule has 0 aromatic heterocycles. The lowest BCUT2D eigenvalue weighted by Gasteiger charge is -2.01. The van der Waals surface area contributed by atoms with Gasteiger partial charge < -0.3 is 5.11 Å². The van der Waals surface area contributed by atoms with Gasteiger partial charge in [0, 0.05) is 17.3 Å². The van der Waals surface area contributed by atoms with E-state index >= 15 is 0 Å². The summed E-state index contributed by atoms with van der Waals surface area (Å²) in [5.74, 6) is 6.10. The van der Waals surface area contributed by atoms with Gasteiger partial charge in [0.2, 0.25) is 0 Å². The zero-order valence-corrected chi connectivity index (χ0v) is 10.1. The molecule has 0 amide bonds. The van der Waals surface area contributed by atoms with Crippen LogP contribution in [0.2, 0.25) is 5.02 Å². The molecule has 1 aromatic carbocycles. The highest BCUT2D eigenvalue weighted by Crippen LogP contribution is 2.27. The van der Waals surface area contributed by atoms with Crippen LogP contribution in [0.3, 0.4) is 0 Å². The Bertz CT molecular complexity index is 367. The number of benzene rings is 1. The number of halogens is 2. The average molecular weight is 274 g/mol. The van der Waals surface area contributed by atoms with Crippen molar-refractivity contribution in [2.75, 3.05) is 5.33 Å². The quantitative estimate of drug-likeness (QED) is 0.613. The summed E-state index contributed by atoms with van der Waals surface area (Å²) in [6, 6.07) is 3.49. The third-order valence-electron chi connectivity index (χ3n) is 1.71. The first-order valence-corrected chi connectivity index (χ1v) is 5.69. The van der Waals surface area contributed by atoms with Gasteiger partial charge in [0.15, 0.2) is 0 Å². The number of aryl methyl sites for hydroxylation is 1. The molecule has 0 fully saturated rings. The molecule has 0 aliphatic carbocycles. The Morgan fingerprint density at radius 1 is 1.50 bits per heavy atom. The highest BCUT2D eigenvalue weighted by Gasteiger charge is 2.02. The van der Waals surface area contributed by atoms with Crippen LogP contribution in [-0.2, 0) is 0 Å². The zero-order chi connectivity index (χ0) is 10.6. The van der Waals surface area contributed by atoms with E-state index in [1.807, 2.05) is 6.07 Å². The Morgan fingerprint density at radius 2 is 2.21 bits per heavy atom. The first kappa shape index (κ1) is 11.4. The van der Waals surface area contributed by atoms with Crippen LogP contribution in [0.15, 0.2) is 12.1 Å². The van der Waals surface area contributed by atoms with Gasteiger partial charge in [-0.3, -0.25) is 0 Å². The largest absolute Gasteiger partial charge is 0.506 e. The second kappa shape index (κ2) is 5.29. The van der Waals surface area contributed by atoms with Crippen molar-refractivity contribution in [1.82, 2.24) is 0 Å². The van der Waals surface area contributed by atoms with Gasteiger partial charge >= 0.3 is 0 Å². The number of alkyl halides is 1. The van der Waals surface area contributed by atoms with Gasteiger partial charge in [0.1, 0.15) is 5.75 Å². The van der Waals surface area contributed by atoms with E-state index in [0.717, 1.165) is 22.9 Å². The molecule has 0 saturated carbocycles. The lowest BCUT2D eigenvalue weighted by Crippen LogP contribution is -1.81. The number of phenolic OH excluding ortho intramolecular Hbond substituents is 1. The van der Waals surface area contributed by atoms with Crippen LogP contribution >= 0.6 is 27.5 Å². The highest BCUT2D eigenvalue weighted by molar-refractivity contribution is 9.09. The van der Waals surface area contributed by atoms with Crippen molar-refractivity contribution in [3.63, 3.8) is 0 Å². The fourth-order valence-corrected chi connectivity index (χ4v) is 1.49. The van der Waals surface area contributed by atoms with Crippen LogP contribution in [0.4, 0.5) is 0 Å². The SMILES string of the molecule is Cc1cc(C#CCCBr)cc(Cl)c1O. The van der Waals surface area contributed by atoms with E-state index in [1.54, 1.807) is 13.0 Å². The summed E-state index contributed by atoms with van der Waals surface area (Å²) >= 11 is 9.10. The van der Waals surface area contributed by atoms with Gasteiger partial charge in [-0.1, -0.05) is 39.4 Å². The van der Waals surface area contributed by atoms with E-state index < -0.39 is 0 Å². The summed E-state index contributed by atoms with van der Waals surface area (Å²) in [7, 11) is 0. The summed E-state index contributed by atoms with van der Waals surface area (Å²) in [4.78, 5) is 0. The lowest BCUT2D eigenvalue weighted by atomic mass is 10.1. The Labute approximate surface area is 97.2 Å². The molecular weight excluding hydrogens is 263 g/mol. The average Bonchev–Trinajstić information content (AvgIpc) is 2.14. The molecule has 3 heteroatoms. The molecule has 0 bridgehead atoms. The molecule has 1 N–H and O–H groups in total. The van der Waals surface area contributed by atoms with Crippen LogP contribution in [0.1, 0.15) is 17.5 Å². The molecule has 74 valence electrons. The number of aromatic hydroxyl groups is 1. The predicted octanol–water partition coefficient (Wildman–Crippen LogP) is 3.49. The molecule has 0 aliphatic rings. The maximum Gasteiger partial charge on any atom is 0.137 e. The van der Waals surface area contributed by atoms with Gasteiger partial charge in [-0.2, -0.15) is 0 Å². The minimum Gasteiger partial charge on any atom is -0.506 e. The molecule has 0 radical (unpaired) electrons. The molecule has 0 aliphatic heterocycles. The molecule has 14 heavy (non-hydrogen) atoms. The Balaban J connectivity index is 2.97. The summed E-state index contributed by atoms with van der Waals surface area (Å²) in [6.45, 7) is 1.80. The van der Waals surface area contributed by atoms with Crippen LogP contribution in [0, 0.1) is 18.8 Å². The van der Waals surface area contributed by atoms with Crippen molar-refractivity contribution in [2.24, 2.45) is 0 Å². The third kappa shape index (κ3) is 2.94. The second-order valence-electron chi connectivity index (χ2n) is 2.86. The first-order valence-electron chi connectivity index (χ1n) is 4.19. The molecule has 1 aromatic rings. The Hall–Kier alpha value is -0.650. The van der Waals surface area contributed by atoms with Crippen molar-refractivity contribution in [3.8, 4) is 17.6 Å². The second-order valence-corrected chi connectivity index (χ2v) is 4.06. The third-order valence-corrected chi connectivity index (χ3v) is 2.39. The minimum absolute atomic E-state index is 0.137. The summed E-state index contributed by atoms with van der Waals surface area (Å²) < 4.78 is 0. The van der Waals surface area contributed by atoms with Crippen molar-refractivity contribution in [1.29, 1.82) is 0 Å². The van der Waals surface area contributed by atoms with E-state index in [1.165, 1.54) is 0 Å². The van der Waals surface area contributed by atoms with Crippen LogP contribution in [0.25, 0.3) is 0 Å². The van der Waals surface area contributed by atoms with Crippen LogP contribution < -0.4 is 0 Å². The predicted molar refractivity (Wildman–Crippen MR) is 63.1 cm³/mol. The van der Waals surface area contributed by atoms with E-state index in [0.29, 0.717) is 5.02 Å². The van der Waals surface area contributed by atoms with Gasteiger partial charge in [0.25, 0.3) is 0 Å². The first-order chi connectivity index (χ1) is 6.65. The van der Waals surface area contributed by atoms with Crippen LogP contribution in [0.5, 0.6) is 5.75 Å². The van der Waals surface area contributed by atoms with Gasteiger partial charge in [-0.05, 0) is 24.6 Å². The summed E-state index contributed by atoms with van der Waals surface area (Å²) in [5.41, 5.74) is 1.59.